The highest BCUT2D eigenvalue weighted by atomic mass is 35.5. The first-order valence-corrected chi connectivity index (χ1v) is 9.72. The molecule has 5 nitrogen and oxygen atoms in total. The Kier molecular flexibility index (Phi) is 5.08. The maximum atomic E-state index is 13.2. The molecule has 1 saturated heterocycles. The lowest BCUT2D eigenvalue weighted by atomic mass is 10.1. The van der Waals surface area contributed by atoms with Crippen LogP contribution in [0.25, 0.3) is 11.0 Å². The molecule has 1 atom stereocenters. The van der Waals surface area contributed by atoms with Crippen molar-refractivity contribution < 1.29 is 4.39 Å². The molecule has 7 heteroatoms. The summed E-state index contributed by atoms with van der Waals surface area (Å²) >= 11 is 6.11. The molecule has 1 fully saturated rings. The average Bonchev–Trinajstić information content (AvgIpc) is 2.71. The van der Waals surface area contributed by atoms with Crippen LogP contribution in [0.2, 0.25) is 5.15 Å². The number of pyridine rings is 2. The fraction of sp³-hybridized carbons (Fsp3) is 0.333. The molecule has 1 aliphatic rings. The number of anilines is 1. The summed E-state index contributed by atoms with van der Waals surface area (Å²) in [4.78, 5) is 21.4. The Bertz CT molecular complexity index is 1060. The number of nitrogens with zero attached hydrogens (tertiary/aromatic N) is 4. The van der Waals surface area contributed by atoms with E-state index in [0.717, 1.165) is 48.5 Å². The number of hydrogen-bond donors (Lipinski definition) is 0. The minimum atomic E-state index is -0.218. The van der Waals surface area contributed by atoms with Gasteiger partial charge in [-0.05, 0) is 36.8 Å². The number of aryl methyl sites for hydroxylation is 1. The summed E-state index contributed by atoms with van der Waals surface area (Å²) in [6.45, 7) is 5.38. The number of benzene rings is 1. The number of rotatable bonds is 3. The Hall–Kier alpha value is -2.44. The summed E-state index contributed by atoms with van der Waals surface area (Å²) in [5.41, 5.74) is 3.38. The molecule has 0 bridgehead atoms. The first-order valence-electron chi connectivity index (χ1n) is 9.35. The molecule has 0 aliphatic carbocycles. The summed E-state index contributed by atoms with van der Waals surface area (Å²) in [7, 11) is 1.74. The van der Waals surface area contributed by atoms with Gasteiger partial charge < -0.3 is 9.47 Å². The molecule has 1 aromatic carbocycles. The van der Waals surface area contributed by atoms with Crippen molar-refractivity contribution in [1.29, 1.82) is 0 Å². The third-order valence-corrected chi connectivity index (χ3v) is 5.80. The molecular weight excluding hydrogens is 379 g/mol. The number of hydrogen-bond acceptors (Lipinski definition) is 4. The zero-order valence-electron chi connectivity index (χ0n) is 15.9. The van der Waals surface area contributed by atoms with E-state index in [1.807, 2.05) is 18.2 Å². The standard InChI is InChI=1S/C21H22ClFN4O/c1-14(15-3-5-16(23)6-4-15)26-9-11-27(12-10-26)18-13-20(28)25(2)17-7-8-19(22)24-21(17)18/h3-8,13-14H,9-12H2,1-2H3. The largest absolute Gasteiger partial charge is 0.367 e. The summed E-state index contributed by atoms with van der Waals surface area (Å²) in [6, 6.07) is 12.1. The van der Waals surface area contributed by atoms with Crippen LogP contribution in [-0.4, -0.2) is 40.6 Å². The summed E-state index contributed by atoms with van der Waals surface area (Å²) in [5.74, 6) is -0.218. The van der Waals surface area contributed by atoms with Gasteiger partial charge in [-0.2, -0.15) is 0 Å². The molecule has 1 unspecified atom stereocenters. The van der Waals surface area contributed by atoms with E-state index in [0.29, 0.717) is 5.15 Å². The van der Waals surface area contributed by atoms with Gasteiger partial charge in [0.15, 0.2) is 0 Å². The Morgan fingerprint density at radius 1 is 1.07 bits per heavy atom. The summed E-state index contributed by atoms with van der Waals surface area (Å²) < 4.78 is 14.8. The highest BCUT2D eigenvalue weighted by molar-refractivity contribution is 6.29. The molecule has 4 rings (SSSR count). The van der Waals surface area contributed by atoms with E-state index in [1.54, 1.807) is 23.7 Å². The van der Waals surface area contributed by atoms with Crippen LogP contribution in [0.4, 0.5) is 10.1 Å². The van der Waals surface area contributed by atoms with Crippen molar-refractivity contribution in [1.82, 2.24) is 14.5 Å². The third-order valence-electron chi connectivity index (χ3n) is 5.59. The Morgan fingerprint density at radius 3 is 2.43 bits per heavy atom. The van der Waals surface area contributed by atoms with Gasteiger partial charge in [-0.1, -0.05) is 23.7 Å². The highest BCUT2D eigenvalue weighted by Crippen LogP contribution is 2.28. The molecule has 0 amide bonds. The van der Waals surface area contributed by atoms with Gasteiger partial charge in [-0.3, -0.25) is 9.69 Å². The van der Waals surface area contributed by atoms with Gasteiger partial charge in [0, 0.05) is 45.3 Å². The topological polar surface area (TPSA) is 41.4 Å². The molecule has 0 radical (unpaired) electrons. The van der Waals surface area contributed by atoms with Crippen molar-refractivity contribution in [2.45, 2.75) is 13.0 Å². The Labute approximate surface area is 168 Å². The highest BCUT2D eigenvalue weighted by Gasteiger charge is 2.24. The minimum absolute atomic E-state index is 0.0614. The van der Waals surface area contributed by atoms with Crippen LogP contribution in [0.15, 0.2) is 47.3 Å². The molecule has 3 heterocycles. The fourth-order valence-electron chi connectivity index (χ4n) is 3.83. The van der Waals surface area contributed by atoms with Gasteiger partial charge in [-0.15, -0.1) is 0 Å². The molecule has 0 N–H and O–H groups in total. The Morgan fingerprint density at radius 2 is 1.75 bits per heavy atom. The summed E-state index contributed by atoms with van der Waals surface area (Å²) in [5, 5.41) is 0.413. The lowest BCUT2D eigenvalue weighted by Gasteiger charge is -2.39. The number of fused-ring (bicyclic) bond motifs is 1. The predicted molar refractivity (Wildman–Crippen MR) is 111 cm³/mol. The van der Waals surface area contributed by atoms with Crippen molar-refractivity contribution in [2.24, 2.45) is 7.05 Å². The molecule has 0 spiro atoms. The number of aromatic nitrogens is 2. The van der Waals surface area contributed by atoms with Crippen LogP contribution in [0.3, 0.4) is 0 Å². The summed E-state index contributed by atoms with van der Waals surface area (Å²) in [6.07, 6.45) is 0. The second-order valence-electron chi connectivity index (χ2n) is 7.18. The molecule has 0 saturated carbocycles. The maximum absolute atomic E-state index is 13.2. The number of halogens is 2. The monoisotopic (exact) mass is 400 g/mol. The Balaban J connectivity index is 1.57. The van der Waals surface area contributed by atoms with Crippen LogP contribution < -0.4 is 10.5 Å². The third kappa shape index (κ3) is 3.50. The first kappa shape index (κ1) is 18.9. The van der Waals surface area contributed by atoms with Crippen LogP contribution in [0.1, 0.15) is 18.5 Å². The zero-order chi connectivity index (χ0) is 19.8. The molecular formula is C21H22ClFN4O. The van der Waals surface area contributed by atoms with E-state index in [1.165, 1.54) is 12.1 Å². The van der Waals surface area contributed by atoms with Crippen molar-refractivity contribution >= 4 is 28.3 Å². The van der Waals surface area contributed by atoms with Crippen LogP contribution >= 0.6 is 11.6 Å². The second-order valence-corrected chi connectivity index (χ2v) is 7.57. The number of piperazine rings is 1. The molecule has 1 aliphatic heterocycles. The van der Waals surface area contributed by atoms with Crippen molar-refractivity contribution in [3.63, 3.8) is 0 Å². The van der Waals surface area contributed by atoms with Crippen molar-refractivity contribution in [3.05, 3.63) is 69.4 Å². The van der Waals surface area contributed by atoms with Crippen molar-refractivity contribution in [2.75, 3.05) is 31.1 Å². The molecule has 28 heavy (non-hydrogen) atoms. The molecule has 3 aromatic rings. The van der Waals surface area contributed by atoms with E-state index < -0.39 is 0 Å². The SMILES string of the molecule is CC(c1ccc(F)cc1)N1CCN(c2cc(=O)n(C)c3ccc(Cl)nc23)CC1. The van der Waals surface area contributed by atoms with Crippen LogP contribution in [0.5, 0.6) is 0 Å². The van der Waals surface area contributed by atoms with Gasteiger partial charge in [0.1, 0.15) is 16.5 Å². The smallest absolute Gasteiger partial charge is 0.252 e. The molecule has 146 valence electrons. The lowest BCUT2D eigenvalue weighted by molar-refractivity contribution is 0.198. The quantitative estimate of drug-likeness (QED) is 0.630. The minimum Gasteiger partial charge on any atom is -0.367 e. The van der Waals surface area contributed by atoms with Gasteiger partial charge in [0.25, 0.3) is 5.56 Å². The second kappa shape index (κ2) is 7.53. The fourth-order valence-corrected chi connectivity index (χ4v) is 3.98. The maximum Gasteiger partial charge on any atom is 0.252 e. The van der Waals surface area contributed by atoms with Gasteiger partial charge >= 0.3 is 0 Å². The normalized spacial score (nSPS) is 16.5. The first-order chi connectivity index (χ1) is 13.4. The zero-order valence-corrected chi connectivity index (χ0v) is 16.7. The predicted octanol–water partition coefficient (Wildman–Crippen LogP) is 3.61. The van der Waals surface area contributed by atoms with Crippen LogP contribution in [-0.2, 0) is 7.05 Å². The van der Waals surface area contributed by atoms with Gasteiger partial charge in [-0.25, -0.2) is 9.37 Å². The van der Waals surface area contributed by atoms with Gasteiger partial charge in [0.2, 0.25) is 0 Å². The van der Waals surface area contributed by atoms with E-state index in [2.05, 4.69) is 21.7 Å². The van der Waals surface area contributed by atoms with E-state index >= 15 is 0 Å². The van der Waals surface area contributed by atoms with E-state index in [9.17, 15) is 9.18 Å². The van der Waals surface area contributed by atoms with Crippen molar-refractivity contribution in [3.8, 4) is 0 Å². The van der Waals surface area contributed by atoms with Crippen LogP contribution in [0, 0.1) is 5.82 Å². The lowest BCUT2D eigenvalue weighted by Crippen LogP contribution is -2.47. The van der Waals surface area contributed by atoms with Gasteiger partial charge in [0.05, 0.1) is 11.2 Å². The van der Waals surface area contributed by atoms with E-state index in [4.69, 9.17) is 11.6 Å². The molecule has 2 aromatic heterocycles. The van der Waals surface area contributed by atoms with E-state index in [-0.39, 0.29) is 17.4 Å². The average molecular weight is 401 g/mol.